The Morgan fingerprint density at radius 2 is 1.84 bits per heavy atom. The van der Waals surface area contributed by atoms with Gasteiger partial charge in [0.2, 0.25) is 0 Å². The number of aromatic nitrogens is 1. The van der Waals surface area contributed by atoms with E-state index in [1.807, 2.05) is 24.3 Å². The number of benzene rings is 1. The van der Waals surface area contributed by atoms with E-state index in [9.17, 15) is 5.11 Å². The Hall–Kier alpha value is -1.69. The zero-order chi connectivity index (χ0) is 18.3. The third-order valence-corrected chi connectivity index (χ3v) is 5.81. The van der Waals surface area contributed by atoms with E-state index < -0.39 is 14.2 Å². The summed E-state index contributed by atoms with van der Waals surface area (Å²) in [6, 6.07) is 10.9. The third-order valence-electron chi connectivity index (χ3n) is 4.11. The van der Waals surface area contributed by atoms with Gasteiger partial charge in [-0.15, -0.1) is 0 Å². The van der Waals surface area contributed by atoms with Crippen LogP contribution in [-0.4, -0.2) is 31.6 Å². The Bertz CT molecular complexity index is 653. The first-order valence-electron chi connectivity index (χ1n) is 8.82. The Labute approximate surface area is 151 Å². The predicted molar refractivity (Wildman–Crippen MR) is 104 cm³/mol. The summed E-state index contributed by atoms with van der Waals surface area (Å²) in [5.41, 5.74) is 2.79. The summed E-state index contributed by atoms with van der Waals surface area (Å²) in [5.74, 6) is 0.558. The molecular formula is C20H29NO3Si. The van der Waals surface area contributed by atoms with Gasteiger partial charge in [-0.25, -0.2) is 0 Å². The molecule has 0 saturated heterocycles. The average Bonchev–Trinajstić information content (AvgIpc) is 2.60. The van der Waals surface area contributed by atoms with Gasteiger partial charge in [-0.05, 0) is 29.7 Å². The van der Waals surface area contributed by atoms with Gasteiger partial charge in [0.1, 0.15) is 11.9 Å². The van der Waals surface area contributed by atoms with Gasteiger partial charge in [0.05, 0.1) is 6.20 Å². The first kappa shape index (κ1) is 19.6. The zero-order valence-electron chi connectivity index (χ0n) is 15.7. The third kappa shape index (κ3) is 6.27. The van der Waals surface area contributed by atoms with E-state index in [1.165, 1.54) is 5.56 Å². The minimum atomic E-state index is -1.10. The highest BCUT2D eigenvalue weighted by molar-refractivity contribution is 6.76. The molecule has 0 aliphatic carbocycles. The van der Waals surface area contributed by atoms with Crippen LogP contribution in [0.25, 0.3) is 0 Å². The molecular weight excluding hydrogens is 330 g/mol. The van der Waals surface area contributed by atoms with Gasteiger partial charge in [0.25, 0.3) is 0 Å². The molecule has 4 nitrogen and oxygen atoms in total. The van der Waals surface area contributed by atoms with E-state index in [0.29, 0.717) is 17.9 Å². The fraction of sp³-hybridized carbons (Fsp3) is 0.450. The number of hydrogen-bond acceptors (Lipinski definition) is 4. The molecule has 0 aliphatic rings. The highest BCUT2D eigenvalue weighted by atomic mass is 28.3. The van der Waals surface area contributed by atoms with E-state index in [0.717, 1.165) is 18.0 Å². The van der Waals surface area contributed by atoms with Gasteiger partial charge >= 0.3 is 0 Å². The number of aliphatic hydroxyl groups is 1. The van der Waals surface area contributed by atoms with Gasteiger partial charge in [0, 0.05) is 26.4 Å². The summed E-state index contributed by atoms with van der Waals surface area (Å²) < 4.78 is 11.3. The highest BCUT2D eigenvalue weighted by Gasteiger charge is 2.16. The van der Waals surface area contributed by atoms with Crippen LogP contribution in [0.2, 0.25) is 25.7 Å². The van der Waals surface area contributed by atoms with E-state index >= 15 is 0 Å². The largest absolute Gasteiger partial charge is 0.466 e. The van der Waals surface area contributed by atoms with Gasteiger partial charge in [0.15, 0.2) is 6.79 Å². The topological polar surface area (TPSA) is 51.6 Å². The molecule has 25 heavy (non-hydrogen) atoms. The maximum absolute atomic E-state index is 10.7. The molecule has 0 radical (unpaired) electrons. The number of rotatable bonds is 9. The summed E-state index contributed by atoms with van der Waals surface area (Å²) in [7, 11) is -1.10. The molecule has 1 aromatic heterocycles. The molecule has 0 bridgehead atoms. The molecule has 2 aromatic rings. The lowest BCUT2D eigenvalue weighted by molar-refractivity contribution is 0.0201. The van der Waals surface area contributed by atoms with Crippen LogP contribution in [0.4, 0.5) is 0 Å². The molecule has 0 spiro atoms. The van der Waals surface area contributed by atoms with Crippen LogP contribution < -0.4 is 4.74 Å². The summed E-state index contributed by atoms with van der Waals surface area (Å²) in [6.45, 7) is 9.93. The van der Waals surface area contributed by atoms with Crippen LogP contribution >= 0.6 is 0 Å². The fourth-order valence-electron chi connectivity index (χ4n) is 2.39. The maximum Gasteiger partial charge on any atom is 0.189 e. The molecule has 0 aliphatic heterocycles. The van der Waals surface area contributed by atoms with Crippen molar-refractivity contribution in [3.63, 3.8) is 0 Å². The molecule has 0 saturated carbocycles. The van der Waals surface area contributed by atoms with E-state index in [-0.39, 0.29) is 6.79 Å². The lowest BCUT2D eigenvalue weighted by atomic mass is 10.00. The molecule has 5 heteroatoms. The van der Waals surface area contributed by atoms with Crippen molar-refractivity contribution in [2.75, 3.05) is 13.4 Å². The van der Waals surface area contributed by atoms with Crippen LogP contribution in [0.3, 0.4) is 0 Å². The van der Waals surface area contributed by atoms with Gasteiger partial charge in [-0.2, -0.15) is 0 Å². The minimum Gasteiger partial charge on any atom is -0.466 e. The lowest BCUT2D eigenvalue weighted by Crippen LogP contribution is -2.22. The molecule has 1 atom stereocenters. The fourth-order valence-corrected chi connectivity index (χ4v) is 3.15. The number of aryl methyl sites for hydroxylation is 1. The molecule has 0 fully saturated rings. The number of hydrogen-bond donors (Lipinski definition) is 1. The van der Waals surface area contributed by atoms with E-state index in [1.54, 1.807) is 18.5 Å². The highest BCUT2D eigenvalue weighted by Crippen LogP contribution is 2.29. The van der Waals surface area contributed by atoms with Gasteiger partial charge in [-0.1, -0.05) is 50.8 Å². The minimum absolute atomic E-state index is 0.171. The van der Waals surface area contributed by atoms with Crippen LogP contribution in [-0.2, 0) is 11.2 Å². The van der Waals surface area contributed by atoms with Crippen LogP contribution in [0, 0.1) is 0 Å². The number of nitrogens with zero attached hydrogens (tertiary/aromatic N) is 1. The zero-order valence-corrected chi connectivity index (χ0v) is 16.7. The average molecular weight is 360 g/mol. The van der Waals surface area contributed by atoms with Gasteiger partial charge < -0.3 is 14.6 Å². The first-order chi connectivity index (χ1) is 11.9. The SMILES string of the molecule is CCc1ccc(C(O)c2ccncc2OCOCC[Si](C)(C)C)cc1. The van der Waals surface area contributed by atoms with E-state index in [2.05, 4.69) is 31.5 Å². The predicted octanol–water partition coefficient (Wildman–Crippen LogP) is 4.42. The Balaban J connectivity index is 1.99. The Kier molecular flexibility index (Phi) is 7.17. The second-order valence-corrected chi connectivity index (χ2v) is 13.0. The number of aliphatic hydroxyl groups excluding tert-OH is 1. The van der Waals surface area contributed by atoms with Crippen LogP contribution in [0.5, 0.6) is 5.75 Å². The summed E-state index contributed by atoms with van der Waals surface area (Å²) >= 11 is 0. The number of ether oxygens (including phenoxy) is 2. The van der Waals surface area contributed by atoms with Crippen molar-refractivity contribution < 1.29 is 14.6 Å². The monoisotopic (exact) mass is 359 g/mol. The number of pyridine rings is 1. The lowest BCUT2D eigenvalue weighted by Gasteiger charge is -2.18. The second kappa shape index (κ2) is 9.13. The van der Waals surface area contributed by atoms with E-state index in [4.69, 9.17) is 9.47 Å². The summed E-state index contributed by atoms with van der Waals surface area (Å²) in [6.07, 6.45) is 3.53. The second-order valence-electron chi connectivity index (χ2n) is 7.39. The maximum atomic E-state index is 10.7. The Morgan fingerprint density at radius 1 is 1.12 bits per heavy atom. The van der Waals surface area contributed by atoms with Crippen molar-refractivity contribution in [2.24, 2.45) is 0 Å². The summed E-state index contributed by atoms with van der Waals surface area (Å²) in [5, 5.41) is 10.7. The van der Waals surface area contributed by atoms with Crippen molar-refractivity contribution in [2.45, 2.75) is 45.1 Å². The van der Waals surface area contributed by atoms with Crippen molar-refractivity contribution in [3.8, 4) is 5.75 Å². The molecule has 136 valence electrons. The molecule has 1 N–H and O–H groups in total. The van der Waals surface area contributed by atoms with Crippen molar-refractivity contribution >= 4 is 8.07 Å². The molecule has 1 heterocycles. The Morgan fingerprint density at radius 3 is 2.48 bits per heavy atom. The smallest absolute Gasteiger partial charge is 0.189 e. The van der Waals surface area contributed by atoms with Crippen LogP contribution in [0.1, 0.15) is 29.7 Å². The first-order valence-corrected chi connectivity index (χ1v) is 12.5. The van der Waals surface area contributed by atoms with Crippen LogP contribution in [0.15, 0.2) is 42.7 Å². The van der Waals surface area contributed by atoms with Crippen molar-refractivity contribution in [1.29, 1.82) is 0 Å². The molecule has 0 amide bonds. The van der Waals surface area contributed by atoms with Crippen molar-refractivity contribution in [3.05, 3.63) is 59.4 Å². The normalized spacial score (nSPS) is 12.8. The van der Waals surface area contributed by atoms with Gasteiger partial charge in [-0.3, -0.25) is 4.98 Å². The van der Waals surface area contributed by atoms with Crippen molar-refractivity contribution in [1.82, 2.24) is 4.98 Å². The molecule has 2 rings (SSSR count). The standard InChI is InChI=1S/C20H29NO3Si/c1-5-16-6-8-17(9-7-16)20(22)18-10-11-21-14-19(18)24-15-23-12-13-25(2,3)4/h6-11,14,20,22H,5,12-13,15H2,1-4H3. The summed E-state index contributed by atoms with van der Waals surface area (Å²) in [4.78, 5) is 4.10. The molecule has 1 aromatic carbocycles. The quantitative estimate of drug-likeness (QED) is 0.409. The molecule has 1 unspecified atom stereocenters.